The van der Waals surface area contributed by atoms with Gasteiger partial charge >= 0.3 is 0 Å². The summed E-state index contributed by atoms with van der Waals surface area (Å²) in [4.78, 5) is 10.3. The van der Waals surface area contributed by atoms with Crippen molar-refractivity contribution in [1.29, 1.82) is 0 Å². The Morgan fingerprint density at radius 2 is 2.20 bits per heavy atom. The number of hydrogen-bond acceptors (Lipinski definition) is 3. The van der Waals surface area contributed by atoms with Crippen LogP contribution in [0.3, 0.4) is 0 Å². The average molecular weight is 228 g/mol. The highest BCUT2D eigenvalue weighted by Gasteiger charge is 2.09. The summed E-state index contributed by atoms with van der Waals surface area (Å²) in [5.74, 6) is 1.58. The summed E-state index contributed by atoms with van der Waals surface area (Å²) in [5, 5.41) is 0.315. The summed E-state index contributed by atoms with van der Waals surface area (Å²) < 4.78 is 0. The largest absolute Gasteiger partial charge is 0.356 e. The molecule has 0 fully saturated rings. The normalized spacial score (nSPS) is 12.5. The first-order chi connectivity index (χ1) is 7.17. The van der Waals surface area contributed by atoms with E-state index in [4.69, 9.17) is 11.6 Å². The van der Waals surface area contributed by atoms with Crippen LogP contribution in [-0.2, 0) is 0 Å². The minimum absolute atomic E-state index is 0.315. The van der Waals surface area contributed by atoms with Gasteiger partial charge in [0.15, 0.2) is 0 Å². The fraction of sp³-hybridized carbons (Fsp3) is 0.636. The number of nitrogens with zero attached hydrogens (tertiary/aromatic N) is 3. The lowest BCUT2D eigenvalue weighted by Crippen LogP contribution is -2.28. The Balaban J connectivity index is 2.73. The van der Waals surface area contributed by atoms with Gasteiger partial charge in [0.1, 0.15) is 5.82 Å². The second-order valence-electron chi connectivity index (χ2n) is 3.74. The van der Waals surface area contributed by atoms with Crippen molar-refractivity contribution >= 4 is 17.4 Å². The van der Waals surface area contributed by atoms with E-state index in [0.717, 1.165) is 18.9 Å². The molecule has 0 saturated heterocycles. The average Bonchev–Trinajstić information content (AvgIpc) is 2.25. The minimum atomic E-state index is 0.315. The molecule has 0 N–H and O–H groups in total. The van der Waals surface area contributed by atoms with Crippen molar-refractivity contribution < 1.29 is 0 Å². The van der Waals surface area contributed by atoms with E-state index in [1.165, 1.54) is 6.42 Å². The number of hydrogen-bond donors (Lipinski definition) is 0. The summed E-state index contributed by atoms with van der Waals surface area (Å²) in [6.45, 7) is 8.52. The Morgan fingerprint density at radius 3 is 2.73 bits per heavy atom. The first-order valence-corrected chi connectivity index (χ1v) is 5.78. The zero-order valence-corrected chi connectivity index (χ0v) is 10.3. The van der Waals surface area contributed by atoms with Gasteiger partial charge in [0.2, 0.25) is 5.28 Å². The summed E-state index contributed by atoms with van der Waals surface area (Å²) in [6, 6.07) is 1.90. The van der Waals surface area contributed by atoms with Crippen LogP contribution in [0, 0.1) is 5.92 Å². The molecule has 15 heavy (non-hydrogen) atoms. The van der Waals surface area contributed by atoms with Crippen LogP contribution in [0.25, 0.3) is 0 Å². The van der Waals surface area contributed by atoms with Crippen molar-refractivity contribution in [1.82, 2.24) is 9.97 Å². The van der Waals surface area contributed by atoms with E-state index < -0.39 is 0 Å². The van der Waals surface area contributed by atoms with Crippen LogP contribution in [0.1, 0.15) is 27.2 Å². The summed E-state index contributed by atoms with van der Waals surface area (Å²) in [7, 11) is 0. The number of anilines is 1. The smallest absolute Gasteiger partial charge is 0.224 e. The van der Waals surface area contributed by atoms with E-state index in [1.807, 2.05) is 6.07 Å². The van der Waals surface area contributed by atoms with Gasteiger partial charge < -0.3 is 4.90 Å². The predicted molar refractivity (Wildman–Crippen MR) is 64.4 cm³/mol. The molecule has 0 bridgehead atoms. The van der Waals surface area contributed by atoms with Crippen LogP contribution in [-0.4, -0.2) is 23.1 Å². The molecule has 1 heterocycles. The Morgan fingerprint density at radius 1 is 1.47 bits per heavy atom. The van der Waals surface area contributed by atoms with Gasteiger partial charge in [-0.1, -0.05) is 20.3 Å². The number of rotatable bonds is 5. The van der Waals surface area contributed by atoms with E-state index in [0.29, 0.717) is 11.2 Å². The lowest BCUT2D eigenvalue weighted by Gasteiger charge is -2.24. The third kappa shape index (κ3) is 3.67. The topological polar surface area (TPSA) is 29.0 Å². The van der Waals surface area contributed by atoms with Crippen LogP contribution >= 0.6 is 11.6 Å². The van der Waals surface area contributed by atoms with Gasteiger partial charge in [0, 0.05) is 19.3 Å². The standard InChI is InChI=1S/C11H18ClN3/c1-4-9(3)8-15(5-2)10-6-7-13-11(12)14-10/h6-7,9H,4-5,8H2,1-3H3. The molecule has 1 unspecified atom stereocenters. The fourth-order valence-electron chi connectivity index (χ4n) is 1.39. The SMILES string of the molecule is CCC(C)CN(CC)c1ccnc(Cl)n1. The van der Waals surface area contributed by atoms with Crippen molar-refractivity contribution in [3.63, 3.8) is 0 Å². The first kappa shape index (κ1) is 12.2. The zero-order valence-electron chi connectivity index (χ0n) is 9.57. The molecule has 1 rings (SSSR count). The molecule has 0 amide bonds. The molecule has 1 aromatic rings. The quantitative estimate of drug-likeness (QED) is 0.725. The molecule has 1 atom stereocenters. The van der Waals surface area contributed by atoms with Crippen molar-refractivity contribution in [2.75, 3.05) is 18.0 Å². The van der Waals surface area contributed by atoms with Crippen molar-refractivity contribution in [3.05, 3.63) is 17.5 Å². The molecule has 0 aliphatic rings. The number of aromatic nitrogens is 2. The lowest BCUT2D eigenvalue weighted by atomic mass is 10.1. The lowest BCUT2D eigenvalue weighted by molar-refractivity contribution is 0.545. The van der Waals surface area contributed by atoms with Gasteiger partial charge in [-0.05, 0) is 30.5 Å². The first-order valence-electron chi connectivity index (χ1n) is 5.40. The van der Waals surface area contributed by atoms with Gasteiger partial charge in [-0.2, -0.15) is 0 Å². The summed E-state index contributed by atoms with van der Waals surface area (Å²) in [5.41, 5.74) is 0. The highest BCUT2D eigenvalue weighted by atomic mass is 35.5. The summed E-state index contributed by atoms with van der Waals surface area (Å²) in [6.07, 6.45) is 2.87. The highest BCUT2D eigenvalue weighted by Crippen LogP contribution is 2.14. The van der Waals surface area contributed by atoms with E-state index in [1.54, 1.807) is 6.20 Å². The maximum atomic E-state index is 5.77. The zero-order chi connectivity index (χ0) is 11.3. The van der Waals surface area contributed by atoms with Crippen LogP contribution in [0.15, 0.2) is 12.3 Å². The van der Waals surface area contributed by atoms with Gasteiger partial charge in [0.25, 0.3) is 0 Å². The van der Waals surface area contributed by atoms with E-state index in [-0.39, 0.29) is 0 Å². The Kier molecular flexibility index (Phi) is 4.82. The molecule has 0 aromatic carbocycles. The Bertz CT molecular complexity index is 304. The summed E-state index contributed by atoms with van der Waals surface area (Å²) >= 11 is 5.77. The van der Waals surface area contributed by atoms with E-state index in [9.17, 15) is 0 Å². The molecule has 0 aliphatic carbocycles. The maximum absolute atomic E-state index is 5.77. The molecule has 1 aromatic heterocycles. The van der Waals surface area contributed by atoms with Gasteiger partial charge in [-0.25, -0.2) is 9.97 Å². The molecule has 0 spiro atoms. The fourth-order valence-corrected chi connectivity index (χ4v) is 1.54. The minimum Gasteiger partial charge on any atom is -0.356 e. The van der Waals surface area contributed by atoms with Crippen LogP contribution < -0.4 is 4.90 Å². The van der Waals surface area contributed by atoms with E-state index >= 15 is 0 Å². The van der Waals surface area contributed by atoms with Crippen molar-refractivity contribution in [2.45, 2.75) is 27.2 Å². The number of halogens is 1. The Hall–Kier alpha value is -0.830. The molecular weight excluding hydrogens is 210 g/mol. The predicted octanol–water partition coefficient (Wildman–Crippen LogP) is 3.00. The maximum Gasteiger partial charge on any atom is 0.224 e. The van der Waals surface area contributed by atoms with Gasteiger partial charge in [-0.3, -0.25) is 0 Å². The Labute approximate surface area is 96.5 Å². The van der Waals surface area contributed by atoms with Crippen LogP contribution in [0.4, 0.5) is 5.82 Å². The second-order valence-corrected chi connectivity index (χ2v) is 4.07. The molecule has 0 radical (unpaired) electrons. The van der Waals surface area contributed by atoms with Gasteiger partial charge in [0.05, 0.1) is 0 Å². The van der Waals surface area contributed by atoms with E-state index in [2.05, 4.69) is 35.6 Å². The van der Waals surface area contributed by atoms with Crippen LogP contribution in [0.2, 0.25) is 5.28 Å². The third-order valence-corrected chi connectivity index (χ3v) is 2.73. The molecule has 0 aliphatic heterocycles. The van der Waals surface area contributed by atoms with Crippen molar-refractivity contribution in [3.8, 4) is 0 Å². The van der Waals surface area contributed by atoms with Crippen molar-refractivity contribution in [2.24, 2.45) is 5.92 Å². The second kappa shape index (κ2) is 5.91. The molecule has 3 nitrogen and oxygen atoms in total. The molecular formula is C11H18ClN3. The monoisotopic (exact) mass is 227 g/mol. The highest BCUT2D eigenvalue weighted by molar-refractivity contribution is 6.28. The van der Waals surface area contributed by atoms with Gasteiger partial charge in [-0.15, -0.1) is 0 Å². The van der Waals surface area contributed by atoms with Crippen LogP contribution in [0.5, 0.6) is 0 Å². The molecule has 0 saturated carbocycles. The molecule has 4 heteroatoms. The third-order valence-electron chi connectivity index (χ3n) is 2.55. The molecule has 84 valence electrons.